The quantitative estimate of drug-likeness (QED) is 0.868. The van der Waals surface area contributed by atoms with E-state index in [9.17, 15) is 0 Å². The molecule has 0 atom stereocenters. The van der Waals surface area contributed by atoms with Crippen molar-refractivity contribution < 1.29 is 0 Å². The van der Waals surface area contributed by atoms with E-state index in [4.69, 9.17) is 17.3 Å². The van der Waals surface area contributed by atoms with Crippen molar-refractivity contribution in [2.24, 2.45) is 0 Å². The van der Waals surface area contributed by atoms with E-state index >= 15 is 0 Å². The van der Waals surface area contributed by atoms with Crippen LogP contribution in [0.3, 0.4) is 0 Å². The van der Waals surface area contributed by atoms with Crippen LogP contribution in [0.5, 0.6) is 0 Å². The monoisotopic (exact) mass is 233 g/mol. The lowest BCUT2D eigenvalue weighted by Gasteiger charge is -2.05. The molecule has 0 aliphatic carbocycles. The van der Waals surface area contributed by atoms with Gasteiger partial charge < -0.3 is 5.73 Å². The summed E-state index contributed by atoms with van der Waals surface area (Å²) in [5, 5.41) is 8.07. The molecule has 82 valence electrons. The smallest absolute Gasteiger partial charge is 0.174 e. The summed E-state index contributed by atoms with van der Waals surface area (Å²) in [6, 6.07) is 9.93. The van der Waals surface area contributed by atoms with Gasteiger partial charge in [0.1, 0.15) is 0 Å². The molecule has 0 radical (unpaired) electrons. The number of nitrogens with zero attached hydrogens (tertiary/aromatic N) is 2. The SMILES string of the molecule is Cc1ccccc1Cc1cc(N)c(Cl)nn1. The lowest BCUT2D eigenvalue weighted by molar-refractivity contribution is 0.936. The van der Waals surface area contributed by atoms with E-state index in [1.807, 2.05) is 12.1 Å². The molecular weight excluding hydrogens is 222 g/mol. The molecule has 1 aromatic carbocycles. The van der Waals surface area contributed by atoms with Gasteiger partial charge in [0.15, 0.2) is 5.15 Å². The number of hydrogen-bond donors (Lipinski definition) is 1. The Kier molecular flexibility index (Phi) is 3.06. The third kappa shape index (κ3) is 2.31. The van der Waals surface area contributed by atoms with Crippen molar-refractivity contribution >= 4 is 17.3 Å². The van der Waals surface area contributed by atoms with Crippen LogP contribution in [-0.2, 0) is 6.42 Å². The maximum Gasteiger partial charge on any atom is 0.174 e. The first-order valence-corrected chi connectivity index (χ1v) is 5.36. The standard InChI is InChI=1S/C12H12ClN3/c1-8-4-2-3-5-9(8)6-10-7-11(14)12(13)16-15-10/h2-5,7H,6H2,1H3,(H2,14,15). The molecule has 1 heterocycles. The average molecular weight is 234 g/mol. The first-order chi connectivity index (χ1) is 7.66. The second-order valence-electron chi connectivity index (χ2n) is 3.69. The lowest BCUT2D eigenvalue weighted by Crippen LogP contribution is -1.99. The molecule has 2 aromatic rings. The Morgan fingerprint density at radius 3 is 2.69 bits per heavy atom. The van der Waals surface area contributed by atoms with Crippen LogP contribution in [0.1, 0.15) is 16.8 Å². The van der Waals surface area contributed by atoms with Crippen LogP contribution in [0.25, 0.3) is 0 Å². The molecule has 0 fully saturated rings. The summed E-state index contributed by atoms with van der Waals surface area (Å²) in [6.45, 7) is 2.07. The van der Waals surface area contributed by atoms with Gasteiger partial charge in [0.25, 0.3) is 0 Å². The van der Waals surface area contributed by atoms with Gasteiger partial charge in [-0.1, -0.05) is 35.9 Å². The van der Waals surface area contributed by atoms with E-state index in [1.54, 1.807) is 6.07 Å². The summed E-state index contributed by atoms with van der Waals surface area (Å²) in [5.74, 6) is 0. The molecule has 3 nitrogen and oxygen atoms in total. The van der Waals surface area contributed by atoms with Crippen LogP contribution in [-0.4, -0.2) is 10.2 Å². The van der Waals surface area contributed by atoms with Crippen molar-refractivity contribution in [1.82, 2.24) is 10.2 Å². The Balaban J connectivity index is 2.28. The second-order valence-corrected chi connectivity index (χ2v) is 4.04. The molecule has 0 aliphatic rings. The number of anilines is 1. The summed E-state index contributed by atoms with van der Waals surface area (Å²) in [4.78, 5) is 0. The van der Waals surface area contributed by atoms with E-state index in [0.717, 1.165) is 12.1 Å². The maximum absolute atomic E-state index is 5.72. The number of aromatic nitrogens is 2. The molecule has 16 heavy (non-hydrogen) atoms. The number of nitrogen functional groups attached to an aromatic ring is 1. The third-order valence-corrected chi connectivity index (χ3v) is 2.75. The van der Waals surface area contributed by atoms with Crippen molar-refractivity contribution in [3.63, 3.8) is 0 Å². The Bertz CT molecular complexity index is 511. The highest BCUT2D eigenvalue weighted by molar-refractivity contribution is 6.31. The van der Waals surface area contributed by atoms with Crippen LogP contribution in [0.4, 0.5) is 5.69 Å². The number of halogens is 1. The molecule has 0 aliphatic heterocycles. The highest BCUT2D eigenvalue weighted by Gasteiger charge is 2.04. The Hall–Kier alpha value is -1.61. The number of rotatable bonds is 2. The summed E-state index contributed by atoms with van der Waals surface area (Å²) in [7, 11) is 0. The van der Waals surface area contributed by atoms with Gasteiger partial charge in [-0.3, -0.25) is 0 Å². The summed E-state index contributed by atoms with van der Waals surface area (Å²) in [6.07, 6.45) is 0.723. The average Bonchev–Trinajstić information content (AvgIpc) is 2.27. The van der Waals surface area contributed by atoms with E-state index in [2.05, 4.69) is 29.3 Å². The molecule has 1 aromatic heterocycles. The van der Waals surface area contributed by atoms with Gasteiger partial charge in [-0.2, -0.15) is 5.10 Å². The van der Waals surface area contributed by atoms with Gasteiger partial charge in [0.2, 0.25) is 0 Å². The largest absolute Gasteiger partial charge is 0.396 e. The molecule has 0 spiro atoms. The van der Waals surface area contributed by atoms with Crippen molar-refractivity contribution in [3.05, 3.63) is 52.3 Å². The van der Waals surface area contributed by atoms with Crippen molar-refractivity contribution in [2.75, 3.05) is 5.73 Å². The van der Waals surface area contributed by atoms with Crippen molar-refractivity contribution in [2.45, 2.75) is 13.3 Å². The zero-order valence-corrected chi connectivity index (χ0v) is 9.70. The molecule has 0 bridgehead atoms. The van der Waals surface area contributed by atoms with E-state index in [1.165, 1.54) is 11.1 Å². The summed E-state index contributed by atoms with van der Waals surface area (Å²) >= 11 is 5.72. The van der Waals surface area contributed by atoms with Crippen molar-refractivity contribution in [3.8, 4) is 0 Å². The predicted octanol–water partition coefficient (Wildman–Crippen LogP) is 2.61. The highest BCUT2D eigenvalue weighted by Crippen LogP contribution is 2.17. The van der Waals surface area contributed by atoms with Gasteiger partial charge in [-0.15, -0.1) is 5.10 Å². The fourth-order valence-corrected chi connectivity index (χ4v) is 1.62. The normalized spacial score (nSPS) is 10.4. The van der Waals surface area contributed by atoms with Crippen LogP contribution >= 0.6 is 11.6 Å². The first kappa shape index (κ1) is 10.9. The van der Waals surface area contributed by atoms with Gasteiger partial charge in [-0.05, 0) is 24.1 Å². The Labute approximate surface area is 99.3 Å². The second kappa shape index (κ2) is 4.49. The molecule has 0 unspecified atom stereocenters. The molecule has 4 heteroatoms. The molecular formula is C12H12ClN3. The number of nitrogens with two attached hydrogens (primary N) is 1. The first-order valence-electron chi connectivity index (χ1n) is 4.99. The molecule has 2 N–H and O–H groups in total. The number of aryl methyl sites for hydroxylation is 1. The molecule has 0 saturated heterocycles. The molecule has 2 rings (SSSR count). The predicted molar refractivity (Wildman–Crippen MR) is 65.4 cm³/mol. The zero-order valence-electron chi connectivity index (χ0n) is 8.94. The van der Waals surface area contributed by atoms with Crippen LogP contribution in [0, 0.1) is 6.92 Å². The highest BCUT2D eigenvalue weighted by atomic mass is 35.5. The minimum Gasteiger partial charge on any atom is -0.396 e. The van der Waals surface area contributed by atoms with Crippen LogP contribution < -0.4 is 5.73 Å². The Morgan fingerprint density at radius 2 is 2.00 bits per heavy atom. The zero-order chi connectivity index (χ0) is 11.5. The Morgan fingerprint density at radius 1 is 1.25 bits per heavy atom. The van der Waals surface area contributed by atoms with Gasteiger partial charge in [0.05, 0.1) is 11.4 Å². The maximum atomic E-state index is 5.72. The third-order valence-electron chi connectivity index (χ3n) is 2.46. The number of benzene rings is 1. The summed E-state index contributed by atoms with van der Waals surface area (Å²) < 4.78 is 0. The minimum atomic E-state index is 0.258. The van der Waals surface area contributed by atoms with Gasteiger partial charge in [-0.25, -0.2) is 0 Å². The fraction of sp³-hybridized carbons (Fsp3) is 0.167. The van der Waals surface area contributed by atoms with Crippen LogP contribution in [0.15, 0.2) is 30.3 Å². The van der Waals surface area contributed by atoms with E-state index in [-0.39, 0.29) is 5.15 Å². The van der Waals surface area contributed by atoms with Gasteiger partial charge in [0, 0.05) is 6.42 Å². The topological polar surface area (TPSA) is 51.8 Å². The fourth-order valence-electron chi connectivity index (χ4n) is 1.52. The summed E-state index contributed by atoms with van der Waals surface area (Å²) in [5.41, 5.74) is 9.44. The van der Waals surface area contributed by atoms with E-state index in [0.29, 0.717) is 5.69 Å². The van der Waals surface area contributed by atoms with Crippen LogP contribution in [0.2, 0.25) is 5.15 Å². The molecule has 0 saturated carbocycles. The minimum absolute atomic E-state index is 0.258. The number of hydrogen-bond acceptors (Lipinski definition) is 3. The van der Waals surface area contributed by atoms with Gasteiger partial charge >= 0.3 is 0 Å². The van der Waals surface area contributed by atoms with E-state index < -0.39 is 0 Å². The molecule has 0 amide bonds. The lowest BCUT2D eigenvalue weighted by atomic mass is 10.0. The van der Waals surface area contributed by atoms with Crippen molar-refractivity contribution in [1.29, 1.82) is 0 Å².